The minimum atomic E-state index is -5.28. The number of hydrogen-bond donors (Lipinski definition) is 1. The zero-order valence-corrected chi connectivity index (χ0v) is 18.4. The Morgan fingerprint density at radius 3 is 2.00 bits per heavy atom. The molecule has 0 aromatic heterocycles. The smallest absolute Gasteiger partial charge is 0.386 e. The summed E-state index contributed by atoms with van der Waals surface area (Å²) in [6, 6.07) is 15.0. The minimum absolute atomic E-state index is 0.210. The molecule has 0 radical (unpaired) electrons. The molecule has 1 amide bonds. The van der Waals surface area contributed by atoms with Gasteiger partial charge in [0.2, 0.25) is 0 Å². The molecule has 1 N–H and O–H groups in total. The van der Waals surface area contributed by atoms with Gasteiger partial charge in [-0.25, -0.2) is 4.79 Å². The van der Waals surface area contributed by atoms with Crippen LogP contribution in [0.25, 0.3) is 0 Å². The van der Waals surface area contributed by atoms with Gasteiger partial charge in [-0.1, -0.05) is 30.0 Å². The maximum Gasteiger partial charge on any atom is 0.491 e. The van der Waals surface area contributed by atoms with Gasteiger partial charge >= 0.3 is 18.1 Å². The number of rotatable bonds is 6. The fourth-order valence-corrected chi connectivity index (χ4v) is 2.87. The highest BCUT2D eigenvalue weighted by atomic mass is 19.4. The van der Waals surface area contributed by atoms with Gasteiger partial charge in [0.15, 0.2) is 0 Å². The fraction of sp³-hybridized carbons (Fsp3) is 0.292. The zero-order chi connectivity index (χ0) is 24.6. The first-order valence-electron chi connectivity index (χ1n) is 9.94. The van der Waals surface area contributed by atoms with Gasteiger partial charge in [-0.05, 0) is 36.4 Å². The number of hydrogen-bond acceptors (Lipinski definition) is 4. The van der Waals surface area contributed by atoms with Crippen molar-refractivity contribution in [1.29, 1.82) is 0 Å². The summed E-state index contributed by atoms with van der Waals surface area (Å²) in [6.45, 7) is 0.210. The number of esters is 2. The predicted molar refractivity (Wildman–Crippen MR) is 115 cm³/mol. The maximum atomic E-state index is 12.6. The maximum absolute atomic E-state index is 12.6. The Balaban J connectivity index is 2.06. The average Bonchev–Trinajstić information content (AvgIpc) is 2.71. The number of likely N-dealkylation sites (N-methyl/N-ethyl adjacent to an activating group) is 1. The third-order valence-electron chi connectivity index (χ3n) is 4.23. The monoisotopic (exact) mass is 461 g/mol. The van der Waals surface area contributed by atoms with Gasteiger partial charge < -0.3 is 14.5 Å². The Hall–Kier alpha value is -3.64. The van der Waals surface area contributed by atoms with Gasteiger partial charge in [0.25, 0.3) is 5.91 Å². The minimum Gasteiger partial charge on any atom is -0.386 e. The van der Waals surface area contributed by atoms with Gasteiger partial charge in [0.1, 0.15) is 0 Å². The van der Waals surface area contributed by atoms with Gasteiger partial charge in [0.05, 0.1) is 40.2 Å². The molecule has 0 heterocycles. The second kappa shape index (κ2) is 10.8. The van der Waals surface area contributed by atoms with Crippen molar-refractivity contribution in [3.63, 3.8) is 0 Å². The number of alkyl halides is 3. The number of benzene rings is 2. The number of quaternary nitrogens is 1. The number of nitrogens with one attached hydrogen (secondary N) is 1. The Bertz CT molecular complexity index is 1050. The van der Waals surface area contributed by atoms with Crippen LogP contribution in [0, 0.1) is 11.8 Å². The van der Waals surface area contributed by atoms with Gasteiger partial charge in [-0.3, -0.25) is 9.59 Å². The highest BCUT2D eigenvalue weighted by Gasteiger charge is 2.42. The van der Waals surface area contributed by atoms with E-state index in [1.807, 2.05) is 30.3 Å². The van der Waals surface area contributed by atoms with E-state index in [0.717, 1.165) is 5.56 Å². The molecule has 6 nitrogen and oxygen atoms in total. The largest absolute Gasteiger partial charge is 0.491 e. The van der Waals surface area contributed by atoms with Crippen LogP contribution in [0.5, 0.6) is 0 Å². The molecule has 9 heteroatoms. The average molecular weight is 461 g/mol. The van der Waals surface area contributed by atoms with Crippen LogP contribution in [0.3, 0.4) is 0 Å². The van der Waals surface area contributed by atoms with E-state index < -0.39 is 36.5 Å². The summed E-state index contributed by atoms with van der Waals surface area (Å²) in [5, 5.41) is 2.63. The van der Waals surface area contributed by atoms with Crippen LogP contribution < -0.4 is 5.32 Å². The van der Waals surface area contributed by atoms with Crippen molar-refractivity contribution in [2.75, 3.05) is 27.7 Å². The van der Waals surface area contributed by atoms with Crippen LogP contribution >= 0.6 is 0 Å². The molecule has 2 rings (SSSR count). The van der Waals surface area contributed by atoms with Crippen LogP contribution in [-0.2, 0) is 14.3 Å². The van der Waals surface area contributed by atoms with E-state index in [4.69, 9.17) is 0 Å². The second-order valence-corrected chi connectivity index (χ2v) is 8.30. The number of carbonyl (C=O) groups is 3. The Morgan fingerprint density at radius 2 is 1.48 bits per heavy atom. The van der Waals surface area contributed by atoms with Crippen LogP contribution in [0.1, 0.15) is 27.9 Å². The van der Waals surface area contributed by atoms with E-state index in [2.05, 4.69) is 21.9 Å². The Labute approximate surface area is 189 Å². The van der Waals surface area contributed by atoms with Crippen molar-refractivity contribution >= 4 is 17.8 Å². The summed E-state index contributed by atoms with van der Waals surface area (Å²) >= 11 is 0. The number of halogens is 3. The van der Waals surface area contributed by atoms with E-state index in [1.54, 1.807) is 45.4 Å². The van der Waals surface area contributed by atoms with E-state index >= 15 is 0 Å². The standard InChI is InChI=1S/C24H23F3N2O4/c1-29(2,3)16-20(15-21(30)33-23(32)24(25,26)27)28-22(31)19-13-11-18(12-14-19)10-9-17-7-5-4-6-8-17/h4-8,11-14,20H,15-16H2,1-3H3/p+1/t20-/m1/s1. The summed E-state index contributed by atoms with van der Waals surface area (Å²) < 4.78 is 41.1. The molecule has 0 saturated carbocycles. The third-order valence-corrected chi connectivity index (χ3v) is 4.23. The molecular weight excluding hydrogens is 437 g/mol. The lowest BCUT2D eigenvalue weighted by Crippen LogP contribution is -2.50. The molecule has 2 aromatic carbocycles. The molecule has 0 bridgehead atoms. The fourth-order valence-electron chi connectivity index (χ4n) is 2.87. The lowest BCUT2D eigenvalue weighted by molar-refractivity contribution is -0.871. The van der Waals surface area contributed by atoms with Crippen LogP contribution in [0.15, 0.2) is 54.6 Å². The molecule has 0 aliphatic carbocycles. The van der Waals surface area contributed by atoms with E-state index in [9.17, 15) is 27.6 Å². The quantitative estimate of drug-likeness (QED) is 0.311. The first-order valence-corrected chi connectivity index (χ1v) is 9.94. The molecule has 0 fully saturated rings. The third kappa shape index (κ3) is 9.17. The predicted octanol–water partition coefficient (Wildman–Crippen LogP) is 2.91. The SMILES string of the molecule is C[N+](C)(C)C[C@@H](CC(=O)OC(=O)C(F)(F)F)NC(=O)c1ccc(C#Cc2ccccc2)cc1. The Kier molecular flexibility index (Phi) is 8.38. The van der Waals surface area contributed by atoms with E-state index in [1.165, 1.54) is 0 Å². The summed E-state index contributed by atoms with van der Waals surface area (Å²) in [4.78, 5) is 35.4. The number of carbonyl (C=O) groups excluding carboxylic acids is 3. The van der Waals surface area contributed by atoms with E-state index in [0.29, 0.717) is 10.0 Å². The molecule has 174 valence electrons. The van der Waals surface area contributed by atoms with Crippen molar-refractivity contribution < 1.29 is 36.8 Å². The summed E-state index contributed by atoms with van der Waals surface area (Å²) in [5.41, 5.74) is 1.82. The van der Waals surface area contributed by atoms with Crippen LogP contribution in [0.4, 0.5) is 13.2 Å². The molecule has 0 unspecified atom stereocenters. The molecule has 0 aliphatic rings. The molecule has 0 spiro atoms. The first kappa shape index (κ1) is 25.6. The van der Waals surface area contributed by atoms with Crippen molar-refractivity contribution in [2.24, 2.45) is 0 Å². The topological polar surface area (TPSA) is 72.5 Å². The summed E-state index contributed by atoms with van der Waals surface area (Å²) in [7, 11) is 5.35. The molecule has 0 saturated heterocycles. The van der Waals surface area contributed by atoms with Crippen LogP contribution in [-0.4, -0.2) is 62.2 Å². The Morgan fingerprint density at radius 1 is 0.939 bits per heavy atom. The van der Waals surface area contributed by atoms with Crippen molar-refractivity contribution in [1.82, 2.24) is 5.32 Å². The van der Waals surface area contributed by atoms with Crippen LogP contribution in [0.2, 0.25) is 0 Å². The molecule has 0 aliphatic heterocycles. The summed E-state index contributed by atoms with van der Waals surface area (Å²) in [5.74, 6) is 1.51. The first-order chi connectivity index (χ1) is 15.3. The van der Waals surface area contributed by atoms with E-state index in [-0.39, 0.29) is 12.1 Å². The van der Waals surface area contributed by atoms with Crippen molar-refractivity contribution in [2.45, 2.75) is 18.6 Å². The highest BCUT2D eigenvalue weighted by Crippen LogP contribution is 2.17. The highest BCUT2D eigenvalue weighted by molar-refractivity contribution is 5.95. The molecular formula is C24H24F3N2O4+. The number of ether oxygens (including phenoxy) is 1. The lowest BCUT2D eigenvalue weighted by atomic mass is 10.1. The lowest BCUT2D eigenvalue weighted by Gasteiger charge is -2.29. The zero-order valence-electron chi connectivity index (χ0n) is 18.4. The molecule has 33 heavy (non-hydrogen) atoms. The summed E-state index contributed by atoms with van der Waals surface area (Å²) in [6.07, 6.45) is -5.87. The van der Waals surface area contributed by atoms with Crippen molar-refractivity contribution in [3.05, 3.63) is 71.3 Å². The normalized spacial score (nSPS) is 12.2. The molecule has 1 atom stereocenters. The second-order valence-electron chi connectivity index (χ2n) is 8.30. The van der Waals surface area contributed by atoms with Gasteiger partial charge in [0, 0.05) is 16.7 Å². The number of amides is 1. The molecule has 2 aromatic rings. The van der Waals surface area contributed by atoms with Crippen molar-refractivity contribution in [3.8, 4) is 11.8 Å². The number of nitrogens with zero attached hydrogens (tertiary/aromatic N) is 1. The van der Waals surface area contributed by atoms with Gasteiger partial charge in [-0.2, -0.15) is 13.2 Å². The van der Waals surface area contributed by atoms with Gasteiger partial charge in [-0.15, -0.1) is 0 Å².